The van der Waals surface area contributed by atoms with Gasteiger partial charge in [0.25, 0.3) is 0 Å². The van der Waals surface area contributed by atoms with Crippen molar-refractivity contribution in [3.05, 3.63) is 35.8 Å². The van der Waals surface area contributed by atoms with E-state index in [1.165, 1.54) is 22.4 Å². The second-order valence-electron chi connectivity index (χ2n) is 6.22. The number of aromatic nitrogens is 2. The zero-order valence-electron chi connectivity index (χ0n) is 12.9. The molecule has 2 aliphatic rings. The second kappa shape index (κ2) is 5.74. The molecule has 5 nitrogen and oxygen atoms in total. The van der Waals surface area contributed by atoms with Gasteiger partial charge in [-0.1, -0.05) is 0 Å². The van der Waals surface area contributed by atoms with Gasteiger partial charge in [-0.3, -0.25) is 0 Å². The van der Waals surface area contributed by atoms with E-state index in [1.54, 1.807) is 0 Å². The number of hydrogen-bond donors (Lipinski definition) is 2. The molecule has 1 aromatic carbocycles. The molecule has 1 saturated heterocycles. The molecule has 0 bridgehead atoms. The van der Waals surface area contributed by atoms with Crippen molar-refractivity contribution >= 4 is 5.69 Å². The van der Waals surface area contributed by atoms with Crippen molar-refractivity contribution in [3.8, 4) is 11.3 Å². The Morgan fingerprint density at radius 3 is 3.14 bits per heavy atom. The third-order valence-corrected chi connectivity index (χ3v) is 4.51. The first-order valence-electron chi connectivity index (χ1n) is 7.99. The molecule has 0 spiro atoms. The van der Waals surface area contributed by atoms with Gasteiger partial charge in [-0.15, -0.1) is 0 Å². The van der Waals surface area contributed by atoms with Crippen LogP contribution >= 0.6 is 0 Å². The van der Waals surface area contributed by atoms with E-state index in [-0.39, 0.29) is 0 Å². The third kappa shape index (κ3) is 2.62. The smallest absolute Gasteiger partial charge is 0.0951 e. The van der Waals surface area contributed by atoms with Crippen molar-refractivity contribution in [2.45, 2.75) is 25.4 Å². The van der Waals surface area contributed by atoms with Gasteiger partial charge in [-0.2, -0.15) is 0 Å². The fourth-order valence-corrected chi connectivity index (χ4v) is 3.31. The lowest BCUT2D eigenvalue weighted by Gasteiger charge is -2.24. The van der Waals surface area contributed by atoms with Crippen LogP contribution in [-0.2, 0) is 24.8 Å². The number of imidazole rings is 1. The monoisotopic (exact) mass is 298 g/mol. The van der Waals surface area contributed by atoms with Crippen LogP contribution < -0.4 is 10.6 Å². The Labute approximate surface area is 130 Å². The first-order chi connectivity index (χ1) is 10.8. The Hall–Kier alpha value is -1.85. The van der Waals surface area contributed by atoms with E-state index in [2.05, 4.69) is 33.9 Å². The van der Waals surface area contributed by atoms with E-state index < -0.39 is 0 Å². The minimum absolute atomic E-state index is 0.421. The predicted molar refractivity (Wildman–Crippen MR) is 86.9 cm³/mol. The van der Waals surface area contributed by atoms with Crippen LogP contribution in [0, 0.1) is 0 Å². The minimum Gasteiger partial charge on any atom is -0.380 e. The summed E-state index contributed by atoms with van der Waals surface area (Å²) in [7, 11) is 2.01. The zero-order valence-corrected chi connectivity index (χ0v) is 12.9. The molecule has 5 heteroatoms. The average Bonchev–Trinajstić information content (AvgIpc) is 3.19. The van der Waals surface area contributed by atoms with E-state index in [4.69, 9.17) is 4.74 Å². The highest BCUT2D eigenvalue weighted by Crippen LogP contribution is 2.31. The molecule has 0 amide bonds. The highest BCUT2D eigenvalue weighted by atomic mass is 16.5. The van der Waals surface area contributed by atoms with E-state index in [0.29, 0.717) is 6.04 Å². The van der Waals surface area contributed by atoms with Crippen molar-refractivity contribution in [2.24, 2.45) is 7.05 Å². The second-order valence-corrected chi connectivity index (χ2v) is 6.22. The molecule has 3 heterocycles. The summed E-state index contributed by atoms with van der Waals surface area (Å²) in [6.45, 7) is 3.65. The van der Waals surface area contributed by atoms with Crippen LogP contribution in [0.5, 0.6) is 0 Å². The number of fused-ring (bicyclic) bond motifs is 1. The van der Waals surface area contributed by atoms with E-state index in [9.17, 15) is 0 Å². The summed E-state index contributed by atoms with van der Waals surface area (Å²) in [6, 6.07) is 4.96. The van der Waals surface area contributed by atoms with Gasteiger partial charge in [0.05, 0.1) is 24.7 Å². The maximum Gasteiger partial charge on any atom is 0.0951 e. The van der Waals surface area contributed by atoms with E-state index in [0.717, 1.165) is 44.8 Å². The lowest BCUT2D eigenvalue weighted by Crippen LogP contribution is -2.27. The van der Waals surface area contributed by atoms with Gasteiger partial charge in [-0.25, -0.2) is 4.98 Å². The largest absolute Gasteiger partial charge is 0.380 e. The molecule has 1 atom stereocenters. The SMILES string of the molecule is Cn1cnc(-c2cc3c(c(N[C@H]4CCOC4)c2)CNCC3)c1. The number of ether oxygens (including phenoxy) is 1. The summed E-state index contributed by atoms with van der Waals surface area (Å²) in [6.07, 6.45) is 6.08. The molecule has 0 unspecified atom stereocenters. The Kier molecular flexibility index (Phi) is 3.60. The topological polar surface area (TPSA) is 51.1 Å². The molecular weight excluding hydrogens is 276 g/mol. The van der Waals surface area contributed by atoms with Gasteiger partial charge in [-0.05, 0) is 42.6 Å². The number of benzene rings is 1. The van der Waals surface area contributed by atoms with Crippen molar-refractivity contribution in [2.75, 3.05) is 25.1 Å². The van der Waals surface area contributed by atoms with Crippen molar-refractivity contribution in [3.63, 3.8) is 0 Å². The first-order valence-corrected chi connectivity index (χ1v) is 7.99. The Morgan fingerprint density at radius 1 is 1.41 bits per heavy atom. The number of aryl methyl sites for hydroxylation is 1. The minimum atomic E-state index is 0.421. The summed E-state index contributed by atoms with van der Waals surface area (Å²) in [5.41, 5.74) is 6.30. The van der Waals surface area contributed by atoms with Gasteiger partial charge in [0.1, 0.15) is 0 Å². The lowest BCUT2D eigenvalue weighted by atomic mass is 9.95. The zero-order chi connectivity index (χ0) is 14.9. The number of anilines is 1. The summed E-state index contributed by atoms with van der Waals surface area (Å²) in [5, 5.41) is 7.16. The predicted octanol–water partition coefficient (Wildman–Crippen LogP) is 1.93. The van der Waals surface area contributed by atoms with Crippen LogP contribution in [0.2, 0.25) is 0 Å². The Morgan fingerprint density at radius 2 is 2.36 bits per heavy atom. The molecule has 2 aliphatic heterocycles. The first kappa shape index (κ1) is 13.8. The standard InChI is InChI=1S/C17H22N4O/c1-21-9-17(19-11-21)13-6-12-2-4-18-8-15(12)16(7-13)20-14-3-5-22-10-14/h6-7,9,11,14,18,20H,2-5,8,10H2,1H3/t14-/m0/s1. The lowest BCUT2D eigenvalue weighted by molar-refractivity contribution is 0.195. The fourth-order valence-electron chi connectivity index (χ4n) is 3.31. The maximum absolute atomic E-state index is 5.50. The summed E-state index contributed by atoms with van der Waals surface area (Å²) in [5.74, 6) is 0. The highest BCUT2D eigenvalue weighted by Gasteiger charge is 2.20. The van der Waals surface area contributed by atoms with Gasteiger partial charge < -0.3 is 19.9 Å². The van der Waals surface area contributed by atoms with Crippen LogP contribution in [0.3, 0.4) is 0 Å². The average molecular weight is 298 g/mol. The van der Waals surface area contributed by atoms with Crippen molar-refractivity contribution in [1.29, 1.82) is 0 Å². The normalized spacial score (nSPS) is 20.9. The molecule has 22 heavy (non-hydrogen) atoms. The van der Waals surface area contributed by atoms with Crippen LogP contribution in [0.15, 0.2) is 24.7 Å². The Balaban J connectivity index is 1.73. The molecule has 4 rings (SSSR count). The molecule has 1 fully saturated rings. The van der Waals surface area contributed by atoms with Crippen LogP contribution in [0.1, 0.15) is 17.5 Å². The third-order valence-electron chi connectivity index (χ3n) is 4.51. The molecule has 1 aromatic heterocycles. The van der Waals surface area contributed by atoms with E-state index >= 15 is 0 Å². The summed E-state index contributed by atoms with van der Waals surface area (Å²) >= 11 is 0. The van der Waals surface area contributed by atoms with Crippen LogP contribution in [-0.4, -0.2) is 35.4 Å². The molecule has 0 saturated carbocycles. The van der Waals surface area contributed by atoms with Gasteiger partial charge in [0, 0.05) is 37.6 Å². The number of nitrogens with one attached hydrogen (secondary N) is 2. The molecular formula is C17H22N4O. The van der Waals surface area contributed by atoms with Gasteiger partial charge in [0.15, 0.2) is 0 Å². The fraction of sp³-hybridized carbons (Fsp3) is 0.471. The van der Waals surface area contributed by atoms with Gasteiger partial charge >= 0.3 is 0 Å². The maximum atomic E-state index is 5.50. The van der Waals surface area contributed by atoms with Gasteiger partial charge in [0.2, 0.25) is 0 Å². The highest BCUT2D eigenvalue weighted by molar-refractivity contribution is 5.70. The number of hydrogen-bond acceptors (Lipinski definition) is 4. The Bertz CT molecular complexity index is 673. The number of rotatable bonds is 3. The van der Waals surface area contributed by atoms with Crippen molar-refractivity contribution in [1.82, 2.24) is 14.9 Å². The molecule has 116 valence electrons. The molecule has 2 aromatic rings. The number of nitrogens with zero attached hydrogens (tertiary/aromatic N) is 2. The van der Waals surface area contributed by atoms with Crippen molar-refractivity contribution < 1.29 is 4.74 Å². The van der Waals surface area contributed by atoms with E-state index in [1.807, 2.05) is 17.9 Å². The quantitative estimate of drug-likeness (QED) is 0.909. The van der Waals surface area contributed by atoms with Crippen LogP contribution in [0.4, 0.5) is 5.69 Å². The summed E-state index contributed by atoms with van der Waals surface area (Å²) in [4.78, 5) is 4.50. The molecule has 0 radical (unpaired) electrons. The molecule has 0 aliphatic carbocycles. The molecule has 2 N–H and O–H groups in total. The summed E-state index contributed by atoms with van der Waals surface area (Å²) < 4.78 is 7.49. The van der Waals surface area contributed by atoms with Crippen LogP contribution in [0.25, 0.3) is 11.3 Å².